The lowest BCUT2D eigenvalue weighted by Gasteiger charge is -2.32. The van der Waals surface area contributed by atoms with Crippen LogP contribution in [0.25, 0.3) is 0 Å². The highest BCUT2D eigenvalue weighted by Crippen LogP contribution is 2.16. The molecule has 0 spiro atoms. The summed E-state index contributed by atoms with van der Waals surface area (Å²) < 4.78 is 0. The Kier molecular flexibility index (Phi) is 6.43. The van der Waals surface area contributed by atoms with Crippen molar-refractivity contribution in [2.24, 2.45) is 5.73 Å². The minimum Gasteiger partial charge on any atom is -0.351 e. The maximum absolute atomic E-state index is 12.0. The van der Waals surface area contributed by atoms with Crippen molar-refractivity contribution in [2.75, 3.05) is 33.7 Å². The number of carbonyl (C=O) groups is 1. The number of likely N-dealkylation sites (N-methyl/N-ethyl adjacent to an activating group) is 2. The molecule has 0 saturated carbocycles. The van der Waals surface area contributed by atoms with E-state index in [0.717, 1.165) is 6.54 Å². The zero-order valence-corrected chi connectivity index (χ0v) is 13.8. The molecule has 1 saturated heterocycles. The minimum atomic E-state index is -0.180. The van der Waals surface area contributed by atoms with Gasteiger partial charge in [-0.2, -0.15) is 0 Å². The van der Waals surface area contributed by atoms with Crippen LogP contribution in [0, 0.1) is 0 Å². The summed E-state index contributed by atoms with van der Waals surface area (Å²) in [5, 5.41) is 3.01. The molecule has 1 aliphatic rings. The molecular formula is C15H32N4O. The van der Waals surface area contributed by atoms with Crippen LogP contribution >= 0.6 is 0 Å². The molecule has 5 nitrogen and oxygen atoms in total. The molecule has 0 aromatic carbocycles. The first-order valence-corrected chi connectivity index (χ1v) is 7.64. The van der Waals surface area contributed by atoms with E-state index in [-0.39, 0.29) is 17.5 Å². The third-order valence-corrected chi connectivity index (χ3v) is 4.00. The third-order valence-electron chi connectivity index (χ3n) is 4.00. The van der Waals surface area contributed by atoms with E-state index in [1.807, 2.05) is 20.8 Å². The van der Waals surface area contributed by atoms with Crippen LogP contribution in [0.3, 0.4) is 0 Å². The minimum absolute atomic E-state index is 0.0829. The molecule has 1 aliphatic heterocycles. The van der Waals surface area contributed by atoms with E-state index in [2.05, 4.69) is 29.2 Å². The van der Waals surface area contributed by atoms with E-state index in [9.17, 15) is 4.79 Å². The van der Waals surface area contributed by atoms with Crippen molar-refractivity contribution in [3.05, 3.63) is 0 Å². The van der Waals surface area contributed by atoms with Crippen molar-refractivity contribution in [2.45, 2.75) is 57.7 Å². The Labute approximate surface area is 123 Å². The van der Waals surface area contributed by atoms with Gasteiger partial charge in [-0.25, -0.2) is 0 Å². The first-order valence-electron chi connectivity index (χ1n) is 7.64. The normalized spacial score (nSPS) is 22.2. The van der Waals surface area contributed by atoms with Crippen molar-refractivity contribution in [3.63, 3.8) is 0 Å². The van der Waals surface area contributed by atoms with Gasteiger partial charge in [0.25, 0.3) is 0 Å². The second kappa shape index (κ2) is 7.38. The molecule has 1 heterocycles. The number of hydrogen-bond donors (Lipinski definition) is 2. The summed E-state index contributed by atoms with van der Waals surface area (Å²) in [6, 6.07) is 0.714. The molecule has 0 aromatic rings. The molecule has 118 valence electrons. The van der Waals surface area contributed by atoms with E-state index >= 15 is 0 Å². The number of hydrogen-bond acceptors (Lipinski definition) is 4. The van der Waals surface area contributed by atoms with Gasteiger partial charge in [-0.1, -0.05) is 0 Å². The van der Waals surface area contributed by atoms with E-state index in [4.69, 9.17) is 5.73 Å². The van der Waals surface area contributed by atoms with Gasteiger partial charge in [0, 0.05) is 37.1 Å². The number of nitrogens with two attached hydrogens (primary N) is 1. The second-order valence-electron chi connectivity index (χ2n) is 7.11. The van der Waals surface area contributed by atoms with E-state index < -0.39 is 0 Å². The van der Waals surface area contributed by atoms with E-state index in [1.165, 1.54) is 19.4 Å². The quantitative estimate of drug-likeness (QED) is 0.751. The summed E-state index contributed by atoms with van der Waals surface area (Å²) in [6.07, 6.45) is 2.99. The smallest absolute Gasteiger partial charge is 0.222 e. The molecule has 1 fully saturated rings. The summed E-state index contributed by atoms with van der Waals surface area (Å²) in [4.78, 5) is 16.7. The summed E-state index contributed by atoms with van der Waals surface area (Å²) in [5.41, 5.74) is 5.68. The van der Waals surface area contributed by atoms with Gasteiger partial charge in [0.1, 0.15) is 0 Å². The zero-order chi connectivity index (χ0) is 15.3. The average Bonchev–Trinajstić information content (AvgIpc) is 2.69. The van der Waals surface area contributed by atoms with Crippen LogP contribution in [-0.2, 0) is 4.79 Å². The molecule has 2 unspecified atom stereocenters. The van der Waals surface area contributed by atoms with Crippen LogP contribution in [0.2, 0.25) is 0 Å². The highest BCUT2D eigenvalue weighted by atomic mass is 16.1. The van der Waals surface area contributed by atoms with Gasteiger partial charge in [0.15, 0.2) is 0 Å². The molecule has 0 bridgehead atoms. The van der Waals surface area contributed by atoms with Gasteiger partial charge in [-0.05, 0) is 54.3 Å². The first-order chi connectivity index (χ1) is 9.23. The Morgan fingerprint density at radius 2 is 2.15 bits per heavy atom. The number of nitrogens with one attached hydrogen (secondary N) is 1. The van der Waals surface area contributed by atoms with Crippen molar-refractivity contribution in [1.29, 1.82) is 0 Å². The second-order valence-corrected chi connectivity index (χ2v) is 7.11. The number of nitrogens with zero attached hydrogens (tertiary/aromatic N) is 2. The van der Waals surface area contributed by atoms with Crippen LogP contribution in [0.15, 0.2) is 0 Å². The molecule has 3 N–H and O–H groups in total. The predicted molar refractivity (Wildman–Crippen MR) is 83.6 cm³/mol. The third kappa shape index (κ3) is 5.77. The lowest BCUT2D eigenvalue weighted by Crippen LogP contribution is -2.48. The molecule has 1 rings (SSSR count). The lowest BCUT2D eigenvalue weighted by atomic mass is 10.1. The molecule has 0 aliphatic carbocycles. The Hall–Kier alpha value is -0.650. The topological polar surface area (TPSA) is 61.6 Å². The Morgan fingerprint density at radius 3 is 2.60 bits per heavy atom. The highest BCUT2D eigenvalue weighted by Gasteiger charge is 2.26. The predicted octanol–water partition coefficient (Wildman–Crippen LogP) is 0.645. The van der Waals surface area contributed by atoms with Gasteiger partial charge in [-0.15, -0.1) is 0 Å². The monoisotopic (exact) mass is 284 g/mol. The number of amides is 1. The highest BCUT2D eigenvalue weighted by molar-refractivity contribution is 5.77. The van der Waals surface area contributed by atoms with E-state index in [0.29, 0.717) is 19.0 Å². The standard InChI is InChI=1S/C15H32N4O/c1-15(2,3)17-14(20)9-13(10-16)19(5)11-12-7-6-8-18(12)4/h12-13H,6-11,16H2,1-5H3,(H,17,20). The maximum Gasteiger partial charge on any atom is 0.222 e. The zero-order valence-electron chi connectivity index (χ0n) is 13.8. The summed E-state index contributed by atoms with van der Waals surface area (Å²) in [6.45, 7) is 8.68. The Morgan fingerprint density at radius 1 is 1.50 bits per heavy atom. The molecule has 0 aromatic heterocycles. The maximum atomic E-state index is 12.0. The van der Waals surface area contributed by atoms with Gasteiger partial charge in [0.2, 0.25) is 5.91 Å². The fourth-order valence-electron chi connectivity index (χ4n) is 2.79. The largest absolute Gasteiger partial charge is 0.351 e. The number of carbonyl (C=O) groups excluding carboxylic acids is 1. The van der Waals surface area contributed by atoms with Crippen LogP contribution in [0.1, 0.15) is 40.0 Å². The SMILES string of the molecule is CN1CCCC1CN(C)C(CN)CC(=O)NC(C)(C)C. The Balaban J connectivity index is 2.46. The van der Waals surface area contributed by atoms with Crippen molar-refractivity contribution in [3.8, 4) is 0 Å². The Bertz CT molecular complexity index is 313. The molecule has 0 radical (unpaired) electrons. The van der Waals surface area contributed by atoms with Crippen LogP contribution in [-0.4, -0.2) is 67.1 Å². The number of likely N-dealkylation sites (tertiary alicyclic amines) is 1. The van der Waals surface area contributed by atoms with Gasteiger partial charge >= 0.3 is 0 Å². The van der Waals surface area contributed by atoms with Crippen LogP contribution < -0.4 is 11.1 Å². The van der Waals surface area contributed by atoms with Crippen molar-refractivity contribution in [1.82, 2.24) is 15.1 Å². The number of rotatable bonds is 6. The van der Waals surface area contributed by atoms with Crippen molar-refractivity contribution < 1.29 is 4.79 Å². The molecule has 2 atom stereocenters. The summed E-state index contributed by atoms with van der Waals surface area (Å²) in [7, 11) is 4.25. The molecule has 1 amide bonds. The first kappa shape index (κ1) is 17.4. The molecule has 5 heteroatoms. The molecule has 20 heavy (non-hydrogen) atoms. The van der Waals surface area contributed by atoms with Gasteiger partial charge < -0.3 is 20.9 Å². The van der Waals surface area contributed by atoms with E-state index in [1.54, 1.807) is 0 Å². The van der Waals surface area contributed by atoms with Gasteiger partial charge in [0.05, 0.1) is 0 Å². The van der Waals surface area contributed by atoms with Crippen LogP contribution in [0.5, 0.6) is 0 Å². The fraction of sp³-hybridized carbons (Fsp3) is 0.933. The summed E-state index contributed by atoms with van der Waals surface area (Å²) in [5.74, 6) is 0.0829. The van der Waals surface area contributed by atoms with Gasteiger partial charge in [-0.3, -0.25) is 4.79 Å². The molecular weight excluding hydrogens is 252 g/mol. The van der Waals surface area contributed by atoms with Crippen LogP contribution in [0.4, 0.5) is 0 Å². The fourth-order valence-corrected chi connectivity index (χ4v) is 2.79. The average molecular weight is 284 g/mol. The van der Waals surface area contributed by atoms with Crippen molar-refractivity contribution >= 4 is 5.91 Å². The lowest BCUT2D eigenvalue weighted by molar-refractivity contribution is -0.123. The summed E-state index contributed by atoms with van der Waals surface area (Å²) >= 11 is 0.